The fourth-order valence-electron chi connectivity index (χ4n) is 1.25. The van der Waals surface area contributed by atoms with Crippen molar-refractivity contribution in [3.05, 3.63) is 33.2 Å². The van der Waals surface area contributed by atoms with Gasteiger partial charge in [0, 0.05) is 11.5 Å². The highest BCUT2D eigenvalue weighted by molar-refractivity contribution is 9.08. The summed E-state index contributed by atoms with van der Waals surface area (Å²) in [5.41, 5.74) is -1.74. The standard InChI is InChI=1S/C9H8BrF2NO3/c1-16-9(15)5-3-13-8(14)6(7(11)12)4(5)2-10/h3,7H,2H2,1H3,(H,13,14). The van der Waals surface area contributed by atoms with E-state index in [4.69, 9.17) is 0 Å². The number of ether oxygens (including phenoxy) is 1. The lowest BCUT2D eigenvalue weighted by molar-refractivity contribution is 0.0598. The highest BCUT2D eigenvalue weighted by atomic mass is 79.9. The number of methoxy groups -OCH3 is 1. The summed E-state index contributed by atoms with van der Waals surface area (Å²) in [7, 11) is 1.13. The smallest absolute Gasteiger partial charge is 0.339 e. The molecule has 0 aliphatic heterocycles. The van der Waals surface area contributed by atoms with Gasteiger partial charge < -0.3 is 9.72 Å². The number of pyridine rings is 1. The minimum Gasteiger partial charge on any atom is -0.465 e. The Morgan fingerprint density at radius 1 is 1.62 bits per heavy atom. The summed E-state index contributed by atoms with van der Waals surface area (Å²) in [6.45, 7) is 0. The third-order valence-electron chi connectivity index (χ3n) is 2.00. The van der Waals surface area contributed by atoms with Crippen molar-refractivity contribution in [1.29, 1.82) is 0 Å². The van der Waals surface area contributed by atoms with Crippen LogP contribution in [0.3, 0.4) is 0 Å². The summed E-state index contributed by atoms with van der Waals surface area (Å²) >= 11 is 2.97. The maximum atomic E-state index is 12.6. The summed E-state index contributed by atoms with van der Waals surface area (Å²) in [5, 5.41) is -0.0268. The number of nitrogens with one attached hydrogen (secondary N) is 1. The zero-order valence-electron chi connectivity index (χ0n) is 8.22. The monoisotopic (exact) mass is 295 g/mol. The lowest BCUT2D eigenvalue weighted by Gasteiger charge is -2.09. The summed E-state index contributed by atoms with van der Waals surface area (Å²) in [5.74, 6) is -0.771. The summed E-state index contributed by atoms with van der Waals surface area (Å²) in [4.78, 5) is 24.5. The number of carbonyl (C=O) groups is 1. The SMILES string of the molecule is COC(=O)c1c[nH]c(=O)c(C(F)F)c1CBr. The molecule has 0 radical (unpaired) electrons. The third kappa shape index (κ3) is 2.29. The average molecular weight is 296 g/mol. The van der Waals surface area contributed by atoms with Gasteiger partial charge >= 0.3 is 5.97 Å². The average Bonchev–Trinajstić information content (AvgIpc) is 2.26. The number of esters is 1. The summed E-state index contributed by atoms with van der Waals surface area (Å²) in [6.07, 6.45) is -1.88. The van der Waals surface area contributed by atoms with E-state index >= 15 is 0 Å². The fourth-order valence-corrected chi connectivity index (χ4v) is 1.86. The van der Waals surface area contributed by atoms with Gasteiger partial charge in [0.05, 0.1) is 18.2 Å². The van der Waals surface area contributed by atoms with Gasteiger partial charge in [0.2, 0.25) is 0 Å². The quantitative estimate of drug-likeness (QED) is 0.685. The van der Waals surface area contributed by atoms with Crippen LogP contribution in [0.15, 0.2) is 11.0 Å². The van der Waals surface area contributed by atoms with E-state index in [1.54, 1.807) is 0 Å². The van der Waals surface area contributed by atoms with Crippen LogP contribution in [0.25, 0.3) is 0 Å². The second kappa shape index (κ2) is 5.20. The fraction of sp³-hybridized carbons (Fsp3) is 0.333. The van der Waals surface area contributed by atoms with E-state index in [0.29, 0.717) is 0 Å². The second-order valence-corrected chi connectivity index (χ2v) is 3.41. The molecule has 16 heavy (non-hydrogen) atoms. The van der Waals surface area contributed by atoms with Crippen molar-refractivity contribution in [3.8, 4) is 0 Å². The Balaban J connectivity index is 3.49. The molecular weight excluding hydrogens is 288 g/mol. The van der Waals surface area contributed by atoms with Gasteiger partial charge in [-0.3, -0.25) is 4.79 Å². The number of H-pyrrole nitrogens is 1. The Morgan fingerprint density at radius 3 is 2.69 bits per heavy atom. The number of carbonyl (C=O) groups excluding carboxylic acids is 1. The minimum absolute atomic E-state index is 0.0268. The molecule has 7 heteroatoms. The van der Waals surface area contributed by atoms with Gasteiger partial charge in [-0.2, -0.15) is 0 Å². The molecule has 0 atom stereocenters. The molecule has 1 rings (SSSR count). The van der Waals surface area contributed by atoms with Crippen LogP contribution < -0.4 is 5.56 Å². The zero-order valence-corrected chi connectivity index (χ0v) is 9.81. The maximum Gasteiger partial charge on any atom is 0.339 e. The first-order chi connectivity index (χ1) is 7.52. The highest BCUT2D eigenvalue weighted by Gasteiger charge is 2.23. The Morgan fingerprint density at radius 2 is 2.25 bits per heavy atom. The number of aromatic nitrogens is 1. The molecule has 0 saturated carbocycles. The highest BCUT2D eigenvalue weighted by Crippen LogP contribution is 2.24. The number of hydrogen-bond donors (Lipinski definition) is 1. The molecule has 0 aliphatic carbocycles. The van der Waals surface area contributed by atoms with Crippen LogP contribution in [-0.2, 0) is 10.1 Å². The van der Waals surface area contributed by atoms with Gasteiger partial charge in [-0.25, -0.2) is 13.6 Å². The first kappa shape index (κ1) is 12.8. The van der Waals surface area contributed by atoms with Crippen molar-refractivity contribution in [1.82, 2.24) is 4.98 Å². The number of aromatic amines is 1. The maximum absolute atomic E-state index is 12.6. The molecule has 0 fully saturated rings. The Hall–Kier alpha value is -1.24. The van der Waals surface area contributed by atoms with Crippen molar-refractivity contribution >= 4 is 21.9 Å². The Kier molecular flexibility index (Phi) is 4.17. The number of rotatable bonds is 3. The van der Waals surface area contributed by atoms with E-state index < -0.39 is 23.5 Å². The van der Waals surface area contributed by atoms with Gasteiger partial charge in [0.15, 0.2) is 0 Å². The van der Waals surface area contributed by atoms with E-state index in [1.165, 1.54) is 0 Å². The predicted octanol–water partition coefficient (Wildman–Crippen LogP) is 1.99. The largest absolute Gasteiger partial charge is 0.465 e. The Bertz CT molecular complexity index is 459. The second-order valence-electron chi connectivity index (χ2n) is 2.85. The van der Waals surface area contributed by atoms with Gasteiger partial charge in [-0.15, -0.1) is 0 Å². The molecule has 4 nitrogen and oxygen atoms in total. The van der Waals surface area contributed by atoms with Gasteiger partial charge in [-0.1, -0.05) is 15.9 Å². The van der Waals surface area contributed by atoms with Crippen LogP contribution in [0.1, 0.15) is 27.9 Å². The van der Waals surface area contributed by atoms with Crippen molar-refractivity contribution in [2.75, 3.05) is 7.11 Å². The van der Waals surface area contributed by atoms with Crippen LogP contribution in [0.4, 0.5) is 8.78 Å². The van der Waals surface area contributed by atoms with Crippen LogP contribution in [0, 0.1) is 0 Å². The van der Waals surface area contributed by atoms with E-state index in [0.717, 1.165) is 13.3 Å². The minimum atomic E-state index is -2.94. The van der Waals surface area contributed by atoms with Crippen LogP contribution in [0.2, 0.25) is 0 Å². The van der Waals surface area contributed by atoms with Crippen molar-refractivity contribution < 1.29 is 18.3 Å². The first-order valence-corrected chi connectivity index (χ1v) is 5.32. The number of halogens is 3. The van der Waals surface area contributed by atoms with Gasteiger partial charge in [-0.05, 0) is 5.56 Å². The van der Waals surface area contributed by atoms with E-state index in [9.17, 15) is 18.4 Å². The topological polar surface area (TPSA) is 59.2 Å². The van der Waals surface area contributed by atoms with Crippen LogP contribution >= 0.6 is 15.9 Å². The lowest BCUT2D eigenvalue weighted by atomic mass is 10.1. The number of alkyl halides is 3. The molecule has 0 aromatic carbocycles. The van der Waals surface area contributed by atoms with Crippen molar-refractivity contribution in [2.24, 2.45) is 0 Å². The molecule has 1 aromatic rings. The predicted molar refractivity (Wildman–Crippen MR) is 56.0 cm³/mol. The molecule has 1 heterocycles. The Labute approximate surface area is 97.7 Å². The molecule has 1 aromatic heterocycles. The van der Waals surface area contributed by atoms with E-state index in [-0.39, 0.29) is 16.5 Å². The molecule has 0 amide bonds. The molecule has 0 spiro atoms. The van der Waals surface area contributed by atoms with E-state index in [1.807, 2.05) is 0 Å². The van der Waals surface area contributed by atoms with Crippen molar-refractivity contribution in [2.45, 2.75) is 11.8 Å². The zero-order chi connectivity index (χ0) is 12.3. The molecular formula is C9H8BrF2NO3. The number of hydrogen-bond acceptors (Lipinski definition) is 3. The molecule has 0 bridgehead atoms. The first-order valence-electron chi connectivity index (χ1n) is 4.19. The molecule has 88 valence electrons. The van der Waals surface area contributed by atoms with Gasteiger partial charge in [0.1, 0.15) is 0 Å². The van der Waals surface area contributed by atoms with Crippen molar-refractivity contribution in [3.63, 3.8) is 0 Å². The normalized spacial score (nSPS) is 10.6. The molecule has 0 saturated heterocycles. The van der Waals surface area contributed by atoms with E-state index in [2.05, 4.69) is 25.7 Å². The van der Waals surface area contributed by atoms with Crippen LogP contribution in [0.5, 0.6) is 0 Å². The lowest BCUT2D eigenvalue weighted by Crippen LogP contribution is -2.19. The summed E-state index contributed by atoms with van der Waals surface area (Å²) < 4.78 is 29.7. The van der Waals surface area contributed by atoms with Crippen LogP contribution in [-0.4, -0.2) is 18.1 Å². The van der Waals surface area contributed by atoms with Gasteiger partial charge in [0.25, 0.3) is 12.0 Å². The molecule has 1 N–H and O–H groups in total. The molecule has 0 aliphatic rings. The molecule has 0 unspecified atom stereocenters. The third-order valence-corrected chi connectivity index (χ3v) is 2.56. The summed E-state index contributed by atoms with van der Waals surface area (Å²) in [6, 6.07) is 0.